The summed E-state index contributed by atoms with van der Waals surface area (Å²) in [5.41, 5.74) is 4.18. The zero-order valence-corrected chi connectivity index (χ0v) is 14.3. The molecule has 0 aliphatic rings. The number of aryl methyl sites for hydroxylation is 1. The van der Waals surface area contributed by atoms with E-state index in [1.807, 2.05) is 48.0 Å². The number of hydrogen-bond donors (Lipinski definition) is 1. The van der Waals surface area contributed by atoms with Crippen LogP contribution in [0.4, 0.5) is 5.69 Å². The van der Waals surface area contributed by atoms with Crippen molar-refractivity contribution in [3.05, 3.63) is 66.3 Å². The van der Waals surface area contributed by atoms with Crippen molar-refractivity contribution in [3.63, 3.8) is 0 Å². The first-order valence-corrected chi connectivity index (χ1v) is 8.00. The second-order valence-corrected chi connectivity index (χ2v) is 5.79. The van der Waals surface area contributed by atoms with E-state index in [2.05, 4.69) is 15.5 Å². The van der Waals surface area contributed by atoms with Gasteiger partial charge in [-0.3, -0.25) is 4.79 Å². The van der Waals surface area contributed by atoms with Crippen molar-refractivity contribution in [1.82, 2.24) is 14.5 Å². The predicted octanol–water partition coefficient (Wildman–Crippen LogP) is 3.56. The maximum atomic E-state index is 12.3. The molecule has 0 atom stereocenters. The fraction of sp³-hybridized carbons (Fsp3) is 0.105. The lowest BCUT2D eigenvalue weighted by Crippen LogP contribution is -2.11. The molecule has 1 amide bonds. The minimum Gasteiger partial charge on any atom is -0.495 e. The van der Waals surface area contributed by atoms with E-state index in [0.29, 0.717) is 11.4 Å². The Morgan fingerprint density at radius 2 is 2.15 bits per heavy atom. The number of nitrogens with one attached hydrogen (secondary N) is 1. The van der Waals surface area contributed by atoms with Gasteiger partial charge in [-0.15, -0.1) is 0 Å². The van der Waals surface area contributed by atoms with Crippen LogP contribution in [0.5, 0.6) is 5.75 Å². The van der Waals surface area contributed by atoms with Gasteiger partial charge in [-0.25, -0.2) is 4.98 Å². The van der Waals surface area contributed by atoms with Gasteiger partial charge in [0.1, 0.15) is 11.4 Å². The maximum Gasteiger partial charge on any atom is 0.294 e. The van der Waals surface area contributed by atoms with Crippen molar-refractivity contribution >= 4 is 17.2 Å². The molecule has 7 heteroatoms. The summed E-state index contributed by atoms with van der Waals surface area (Å²) in [6.45, 7) is 2.02. The number of anilines is 1. The minimum absolute atomic E-state index is 0.126. The number of amides is 1. The number of carbonyl (C=O) groups is 1. The van der Waals surface area contributed by atoms with Crippen LogP contribution in [0, 0.1) is 6.92 Å². The van der Waals surface area contributed by atoms with Crippen LogP contribution < -0.4 is 10.1 Å². The Bertz CT molecular complexity index is 1080. The molecule has 0 saturated heterocycles. The topological polar surface area (TPSA) is 81.7 Å². The molecular weight excluding hydrogens is 332 g/mol. The van der Waals surface area contributed by atoms with Gasteiger partial charge in [0.25, 0.3) is 5.91 Å². The molecule has 3 heterocycles. The lowest BCUT2D eigenvalue weighted by Gasteiger charge is -2.10. The van der Waals surface area contributed by atoms with E-state index in [-0.39, 0.29) is 5.76 Å². The Kier molecular flexibility index (Phi) is 3.89. The molecule has 1 aromatic carbocycles. The third-order valence-corrected chi connectivity index (χ3v) is 4.08. The molecule has 130 valence electrons. The molecule has 0 bridgehead atoms. The lowest BCUT2D eigenvalue weighted by molar-refractivity contribution is 0.0987. The van der Waals surface area contributed by atoms with Crippen LogP contribution in [0.15, 0.2) is 59.5 Å². The molecule has 0 aliphatic heterocycles. The minimum atomic E-state index is -0.399. The van der Waals surface area contributed by atoms with E-state index in [9.17, 15) is 4.79 Å². The molecule has 0 aliphatic carbocycles. The third-order valence-electron chi connectivity index (χ3n) is 4.08. The van der Waals surface area contributed by atoms with Gasteiger partial charge in [-0.05, 0) is 36.8 Å². The second-order valence-electron chi connectivity index (χ2n) is 5.79. The molecule has 26 heavy (non-hydrogen) atoms. The smallest absolute Gasteiger partial charge is 0.294 e. The first-order valence-electron chi connectivity index (χ1n) is 8.00. The zero-order valence-electron chi connectivity index (χ0n) is 14.3. The van der Waals surface area contributed by atoms with Crippen LogP contribution in [-0.2, 0) is 0 Å². The normalized spacial score (nSPS) is 10.8. The van der Waals surface area contributed by atoms with Gasteiger partial charge in [0.2, 0.25) is 5.76 Å². The predicted molar refractivity (Wildman–Crippen MR) is 96.4 cm³/mol. The monoisotopic (exact) mass is 348 g/mol. The van der Waals surface area contributed by atoms with E-state index in [1.54, 1.807) is 13.2 Å². The molecule has 4 rings (SSSR count). The highest BCUT2D eigenvalue weighted by Crippen LogP contribution is 2.31. The highest BCUT2D eigenvalue weighted by Gasteiger charge is 2.15. The van der Waals surface area contributed by atoms with Crippen LogP contribution in [0.1, 0.15) is 16.1 Å². The van der Waals surface area contributed by atoms with E-state index in [0.717, 1.165) is 22.5 Å². The number of ether oxygens (including phenoxy) is 1. The van der Waals surface area contributed by atoms with Crippen LogP contribution in [0.2, 0.25) is 0 Å². The highest BCUT2D eigenvalue weighted by molar-refractivity contribution is 6.03. The number of carbonyl (C=O) groups excluding carboxylic acids is 1. The largest absolute Gasteiger partial charge is 0.495 e. The van der Waals surface area contributed by atoms with Crippen LogP contribution in [-0.4, -0.2) is 27.6 Å². The average Bonchev–Trinajstić information content (AvgIpc) is 3.32. The Balaban J connectivity index is 1.73. The summed E-state index contributed by atoms with van der Waals surface area (Å²) in [4.78, 5) is 16.9. The summed E-state index contributed by atoms with van der Waals surface area (Å²) < 4.78 is 12.2. The summed E-state index contributed by atoms with van der Waals surface area (Å²) in [6, 6.07) is 11.0. The van der Waals surface area contributed by atoms with Gasteiger partial charge in [-0.1, -0.05) is 11.2 Å². The summed E-state index contributed by atoms with van der Waals surface area (Å²) in [5, 5.41) is 6.33. The van der Waals surface area contributed by atoms with Crippen molar-refractivity contribution in [2.24, 2.45) is 0 Å². The third kappa shape index (κ3) is 2.79. The van der Waals surface area contributed by atoms with Gasteiger partial charge in [0, 0.05) is 24.0 Å². The molecule has 0 spiro atoms. The first-order chi connectivity index (χ1) is 12.7. The van der Waals surface area contributed by atoms with Crippen molar-refractivity contribution in [3.8, 4) is 17.0 Å². The Morgan fingerprint density at radius 3 is 2.88 bits per heavy atom. The van der Waals surface area contributed by atoms with Crippen molar-refractivity contribution in [2.75, 3.05) is 12.4 Å². The number of hydrogen-bond acceptors (Lipinski definition) is 5. The molecule has 0 fully saturated rings. The summed E-state index contributed by atoms with van der Waals surface area (Å²) in [6.07, 6.45) is 5.32. The summed E-state index contributed by atoms with van der Waals surface area (Å²) in [7, 11) is 1.55. The van der Waals surface area contributed by atoms with E-state index < -0.39 is 5.91 Å². The van der Waals surface area contributed by atoms with Gasteiger partial charge in [0.15, 0.2) is 0 Å². The fourth-order valence-corrected chi connectivity index (χ4v) is 2.77. The molecular formula is C19H16N4O3. The second kappa shape index (κ2) is 6.36. The lowest BCUT2D eigenvalue weighted by atomic mass is 10.1. The fourth-order valence-electron chi connectivity index (χ4n) is 2.77. The number of fused-ring (bicyclic) bond motifs is 1. The van der Waals surface area contributed by atoms with Crippen LogP contribution in [0.3, 0.4) is 0 Å². The number of benzene rings is 1. The highest BCUT2D eigenvalue weighted by atomic mass is 16.5. The number of pyridine rings is 1. The van der Waals surface area contributed by atoms with E-state index >= 15 is 0 Å². The molecule has 4 aromatic rings. The van der Waals surface area contributed by atoms with E-state index in [4.69, 9.17) is 9.26 Å². The number of imidazole rings is 1. The number of nitrogens with zero attached hydrogens (tertiary/aromatic N) is 3. The van der Waals surface area contributed by atoms with Gasteiger partial charge >= 0.3 is 0 Å². The van der Waals surface area contributed by atoms with E-state index in [1.165, 1.54) is 12.3 Å². The van der Waals surface area contributed by atoms with Gasteiger partial charge < -0.3 is 19.0 Å². The first kappa shape index (κ1) is 15.9. The molecule has 0 saturated carbocycles. The van der Waals surface area contributed by atoms with Crippen molar-refractivity contribution in [2.45, 2.75) is 6.92 Å². The Labute approximate surface area is 149 Å². The summed E-state index contributed by atoms with van der Waals surface area (Å²) in [5.74, 6) is 0.270. The zero-order chi connectivity index (χ0) is 18.1. The van der Waals surface area contributed by atoms with Gasteiger partial charge in [0.05, 0.1) is 24.7 Å². The van der Waals surface area contributed by atoms with Gasteiger partial charge in [-0.2, -0.15) is 0 Å². The standard InChI is InChI=1S/C19H16N4O3/c1-12-4-3-9-23-11-15(21-18(12)23)13-5-6-16(25-2)14(10-13)22-19(24)17-7-8-20-26-17/h3-11H,1-2H3,(H,22,24). The molecule has 3 aromatic heterocycles. The van der Waals surface area contributed by atoms with Crippen molar-refractivity contribution in [1.29, 1.82) is 0 Å². The van der Waals surface area contributed by atoms with Crippen LogP contribution in [0.25, 0.3) is 16.9 Å². The van der Waals surface area contributed by atoms with Crippen molar-refractivity contribution < 1.29 is 14.1 Å². The number of aromatic nitrogens is 3. The Morgan fingerprint density at radius 1 is 1.27 bits per heavy atom. The average molecular weight is 348 g/mol. The summed E-state index contributed by atoms with van der Waals surface area (Å²) >= 11 is 0. The molecule has 0 radical (unpaired) electrons. The maximum absolute atomic E-state index is 12.3. The molecule has 0 unspecified atom stereocenters. The molecule has 7 nitrogen and oxygen atoms in total. The number of rotatable bonds is 4. The quantitative estimate of drug-likeness (QED) is 0.610. The van der Waals surface area contributed by atoms with Crippen LogP contribution >= 0.6 is 0 Å². The Hall–Kier alpha value is -3.61. The number of methoxy groups -OCH3 is 1. The molecule has 1 N–H and O–H groups in total. The SMILES string of the molecule is COc1ccc(-c2cn3cccc(C)c3n2)cc1NC(=O)c1ccno1.